The molecule has 0 aliphatic heterocycles. The molecule has 0 aliphatic rings. The zero-order valence-electron chi connectivity index (χ0n) is 32.6. The molecule has 1 aromatic rings. The van der Waals surface area contributed by atoms with Crippen LogP contribution in [0.1, 0.15) is 202 Å². The largest absolute Gasteiger partial charge is 1.00 e. The van der Waals surface area contributed by atoms with Crippen LogP contribution in [0.5, 0.6) is 0 Å². The van der Waals surface area contributed by atoms with Gasteiger partial charge < -0.3 is 14.0 Å². The third-order valence-electron chi connectivity index (χ3n) is 9.00. The van der Waals surface area contributed by atoms with Gasteiger partial charge in [-0.05, 0) is 95.2 Å². The molecule has 1 aromatic carbocycles. The Morgan fingerprint density at radius 2 is 0.863 bits per heavy atom. The van der Waals surface area contributed by atoms with Gasteiger partial charge >= 0.3 is 63.3 Å². The quantitative estimate of drug-likeness (QED) is 0.0231. The molecule has 0 aromatic heterocycles. The second-order valence-electron chi connectivity index (χ2n) is 13.6. The smallest absolute Gasteiger partial charge is 0.744 e. The minimum atomic E-state index is -4.82. The van der Waals surface area contributed by atoms with Gasteiger partial charge in [0.1, 0.15) is 10.1 Å². The van der Waals surface area contributed by atoms with Crippen LogP contribution in [-0.2, 0) is 19.6 Å². The fourth-order valence-electron chi connectivity index (χ4n) is 5.86. The van der Waals surface area contributed by atoms with Crippen LogP contribution in [0.4, 0.5) is 0 Å². The Kier molecular flexibility index (Phi) is 34.4. The first-order valence-corrected chi connectivity index (χ1v) is 21.5. The number of benzene rings is 1. The molecule has 0 aliphatic carbocycles. The van der Waals surface area contributed by atoms with Crippen molar-refractivity contribution in [2.24, 2.45) is 0 Å². The second-order valence-corrected chi connectivity index (χ2v) is 15.0. The van der Waals surface area contributed by atoms with E-state index in [1.165, 1.54) is 103 Å². The zero-order chi connectivity index (χ0) is 36.5. The van der Waals surface area contributed by atoms with Crippen molar-refractivity contribution in [1.82, 2.24) is 0 Å². The topological polar surface area (TPSA) is 110 Å². The molecular weight excluding hydrogens is 688 g/mol. The van der Waals surface area contributed by atoms with E-state index in [2.05, 4.69) is 38.2 Å². The van der Waals surface area contributed by atoms with Crippen molar-refractivity contribution >= 4 is 22.1 Å². The maximum atomic E-state index is 12.9. The van der Waals surface area contributed by atoms with Crippen LogP contribution < -0.4 is 51.4 Å². The summed E-state index contributed by atoms with van der Waals surface area (Å²) in [5.74, 6) is -1.58. The van der Waals surface area contributed by atoms with E-state index in [0.717, 1.165) is 69.6 Å². The van der Waals surface area contributed by atoms with Gasteiger partial charge in [0, 0.05) is 0 Å². The van der Waals surface area contributed by atoms with E-state index in [9.17, 15) is 22.6 Å². The van der Waals surface area contributed by atoms with Crippen LogP contribution in [0.25, 0.3) is 0 Å². The molecule has 1 rings (SSSR count). The number of carbonyl (C=O) groups excluding carboxylic acids is 2. The van der Waals surface area contributed by atoms with Crippen LogP contribution >= 0.6 is 0 Å². The van der Waals surface area contributed by atoms with Crippen LogP contribution in [-0.4, -0.2) is 38.1 Å². The van der Waals surface area contributed by atoms with Gasteiger partial charge in [0.15, 0.2) is 0 Å². The van der Waals surface area contributed by atoms with E-state index in [1.807, 2.05) is 0 Å². The third kappa shape index (κ3) is 28.3. The molecule has 51 heavy (non-hydrogen) atoms. The van der Waals surface area contributed by atoms with Crippen LogP contribution in [0, 0.1) is 0 Å². The Morgan fingerprint density at radius 3 is 1.24 bits per heavy atom. The molecular formula is C42H69KO7S. The first kappa shape index (κ1) is 50.2. The number of ether oxygens (including phenoxy) is 2. The predicted octanol–water partition coefficient (Wildman–Crippen LogP) is 9.20. The van der Waals surface area contributed by atoms with E-state index < -0.39 is 27.0 Å². The molecule has 0 N–H and O–H groups in total. The fraction of sp³-hybridized carbons (Fsp3) is 0.714. The number of hydrogen-bond acceptors (Lipinski definition) is 7. The third-order valence-corrected chi connectivity index (χ3v) is 9.83. The Balaban J connectivity index is 0.0000250. The Hall–Kier alpha value is -0.814. The Bertz CT molecular complexity index is 1180. The monoisotopic (exact) mass is 756 g/mol. The van der Waals surface area contributed by atoms with E-state index >= 15 is 0 Å². The number of allylic oxidation sites excluding steroid dienone is 4. The summed E-state index contributed by atoms with van der Waals surface area (Å²) in [6, 6.07) is 3.09. The molecule has 0 saturated carbocycles. The fourth-order valence-corrected chi connectivity index (χ4v) is 6.35. The summed E-state index contributed by atoms with van der Waals surface area (Å²) < 4.78 is 45.6. The maximum Gasteiger partial charge on any atom is 1.00 e. The molecule has 0 amide bonds. The van der Waals surface area contributed by atoms with Crippen molar-refractivity contribution in [2.75, 3.05) is 13.2 Å². The van der Waals surface area contributed by atoms with E-state index in [-0.39, 0.29) is 75.7 Å². The van der Waals surface area contributed by atoms with Crippen LogP contribution in [0.3, 0.4) is 0 Å². The first-order chi connectivity index (χ1) is 24.3. The van der Waals surface area contributed by atoms with Crippen molar-refractivity contribution in [3.8, 4) is 0 Å². The average Bonchev–Trinajstić information content (AvgIpc) is 3.10. The molecule has 9 heteroatoms. The molecule has 0 bridgehead atoms. The molecule has 0 heterocycles. The molecule has 7 nitrogen and oxygen atoms in total. The van der Waals surface area contributed by atoms with E-state index in [4.69, 9.17) is 9.47 Å². The van der Waals surface area contributed by atoms with Crippen LogP contribution in [0.15, 0.2) is 47.4 Å². The predicted molar refractivity (Wildman–Crippen MR) is 205 cm³/mol. The van der Waals surface area contributed by atoms with Crippen LogP contribution in [0.2, 0.25) is 0 Å². The molecule has 0 radical (unpaired) electrons. The number of hydrogen-bond donors (Lipinski definition) is 0. The summed E-state index contributed by atoms with van der Waals surface area (Å²) in [7, 11) is -4.82. The summed E-state index contributed by atoms with van der Waals surface area (Å²) in [6.45, 7) is 4.81. The summed E-state index contributed by atoms with van der Waals surface area (Å²) in [5.41, 5.74) is -0.370. The Morgan fingerprint density at radius 1 is 0.529 bits per heavy atom. The Labute approximate surface area is 354 Å². The van der Waals surface area contributed by atoms with Gasteiger partial charge in [-0.2, -0.15) is 0 Å². The SMILES string of the molecule is CCCCCCCCCC/C=C/CCCCCOC(=O)c1ccc(S(=O)(=O)[O-])cc1C(=O)OCCCCC/C=C/CCCCCCCCCC.[K+]. The zero-order valence-corrected chi connectivity index (χ0v) is 36.5. The van der Waals surface area contributed by atoms with Gasteiger partial charge in [-0.3, -0.25) is 0 Å². The standard InChI is InChI=1S/C42H70O7S.K/c1-3-5-7-9-11-13-15-17-19-21-23-25-27-29-31-35-48-41(43)39-34-33-38(50(45,46)47)37-40(39)42(44)49-36-32-30-28-26-24-22-20-18-16-14-12-10-8-6-4-2;/h21-24,33-34,37H,3-20,25-32,35-36H2,1-2H3,(H,45,46,47);/q;+1/p-1/b23-21+,24-22+;. The molecule has 0 saturated heterocycles. The van der Waals surface area contributed by atoms with Crippen molar-refractivity contribution < 1.29 is 83.4 Å². The van der Waals surface area contributed by atoms with Gasteiger partial charge in [0.25, 0.3) is 0 Å². The number of esters is 2. The van der Waals surface area contributed by atoms with Crippen molar-refractivity contribution in [2.45, 2.75) is 186 Å². The van der Waals surface area contributed by atoms with Gasteiger partial charge in [-0.1, -0.05) is 128 Å². The van der Waals surface area contributed by atoms with Crippen molar-refractivity contribution in [1.29, 1.82) is 0 Å². The molecule has 0 fully saturated rings. The van der Waals surface area contributed by atoms with Gasteiger partial charge in [0.2, 0.25) is 0 Å². The minimum absolute atomic E-state index is 0. The van der Waals surface area contributed by atoms with E-state index in [1.54, 1.807) is 0 Å². The van der Waals surface area contributed by atoms with Gasteiger partial charge in [-0.25, -0.2) is 18.0 Å². The van der Waals surface area contributed by atoms with Crippen molar-refractivity contribution in [3.05, 3.63) is 53.6 Å². The summed E-state index contributed by atoms with van der Waals surface area (Å²) in [4.78, 5) is 25.1. The van der Waals surface area contributed by atoms with Gasteiger partial charge in [-0.15, -0.1) is 0 Å². The number of rotatable bonds is 33. The minimum Gasteiger partial charge on any atom is -0.744 e. The second kappa shape index (κ2) is 34.9. The van der Waals surface area contributed by atoms with Crippen molar-refractivity contribution in [3.63, 3.8) is 0 Å². The van der Waals surface area contributed by atoms with Gasteiger partial charge in [0.05, 0.1) is 29.2 Å². The molecule has 0 atom stereocenters. The average molecular weight is 757 g/mol. The summed E-state index contributed by atoms with van der Waals surface area (Å²) >= 11 is 0. The molecule has 286 valence electrons. The first-order valence-electron chi connectivity index (χ1n) is 20.0. The summed E-state index contributed by atoms with van der Waals surface area (Å²) in [5, 5.41) is 0. The van der Waals surface area contributed by atoms with E-state index in [0.29, 0.717) is 12.8 Å². The number of unbranched alkanes of at least 4 members (excludes halogenated alkanes) is 22. The molecule has 0 unspecified atom stereocenters. The summed E-state index contributed by atoms with van der Waals surface area (Å²) in [6.07, 6.45) is 39.4. The molecule has 0 spiro atoms. The normalized spacial score (nSPS) is 11.7. The number of carbonyl (C=O) groups is 2. The maximum absolute atomic E-state index is 12.9.